The Kier molecular flexibility index (Phi) is 11.1. The number of hydrogen-bond acceptors (Lipinski definition) is 8. The Labute approximate surface area is 237 Å². The number of nitrogens with one attached hydrogen (secondary N) is 1. The topological polar surface area (TPSA) is 113 Å². The quantitative estimate of drug-likeness (QED) is 0.289. The van der Waals surface area contributed by atoms with Gasteiger partial charge in [0.2, 0.25) is 0 Å². The molecule has 0 unspecified atom stereocenters. The number of nitrogens with zero attached hydrogens (tertiary/aromatic N) is 1. The summed E-state index contributed by atoms with van der Waals surface area (Å²) in [5.74, 6) is -1.42. The molecule has 9 heteroatoms. The van der Waals surface area contributed by atoms with E-state index in [0.717, 1.165) is 5.56 Å². The minimum absolute atomic E-state index is 0.0724. The molecule has 40 heavy (non-hydrogen) atoms. The molecule has 0 bridgehead atoms. The van der Waals surface area contributed by atoms with Gasteiger partial charge in [-0.25, -0.2) is 9.59 Å². The molecule has 1 aromatic carbocycles. The lowest BCUT2D eigenvalue weighted by Crippen LogP contribution is -2.48. The standard InChI is InChI=1S/C31H44N2O7/c1-29(2,3)38-26(34)22(17-23-15-16-24(19-32-23)37-20-21-13-11-10-12-14-21)18-25(27(35)39-30(4,5)6)33-28(36)40-31(7,8)9/h10-16,19,22,25H,17-18,20H2,1-9H3,(H,33,36)/t22-,25-/m0/s1. The first-order valence-electron chi connectivity index (χ1n) is 13.5. The molecule has 0 aliphatic carbocycles. The maximum absolute atomic E-state index is 13.3. The molecule has 1 aromatic heterocycles. The first-order chi connectivity index (χ1) is 18.4. The number of esters is 2. The van der Waals surface area contributed by atoms with Crippen LogP contribution in [0.2, 0.25) is 0 Å². The van der Waals surface area contributed by atoms with E-state index >= 15 is 0 Å². The fraction of sp³-hybridized carbons (Fsp3) is 0.548. The minimum atomic E-state index is -1.15. The molecular weight excluding hydrogens is 512 g/mol. The van der Waals surface area contributed by atoms with E-state index in [9.17, 15) is 14.4 Å². The Bertz CT molecular complexity index is 1110. The molecule has 0 saturated heterocycles. The van der Waals surface area contributed by atoms with Crippen molar-refractivity contribution in [3.8, 4) is 5.75 Å². The van der Waals surface area contributed by atoms with Gasteiger partial charge in [0.15, 0.2) is 0 Å². The Morgan fingerprint density at radius 1 is 0.775 bits per heavy atom. The maximum atomic E-state index is 13.3. The Morgan fingerprint density at radius 3 is 1.88 bits per heavy atom. The lowest BCUT2D eigenvalue weighted by Gasteiger charge is -2.29. The molecule has 0 radical (unpaired) electrons. The summed E-state index contributed by atoms with van der Waals surface area (Å²) < 4.78 is 22.4. The number of pyridine rings is 1. The second-order valence-corrected chi connectivity index (χ2v) is 12.7. The van der Waals surface area contributed by atoms with E-state index in [2.05, 4.69) is 10.3 Å². The summed E-state index contributed by atoms with van der Waals surface area (Å²) in [6.07, 6.45) is 0.902. The molecular formula is C31H44N2O7. The molecule has 2 aromatic rings. The number of ether oxygens (including phenoxy) is 4. The van der Waals surface area contributed by atoms with Gasteiger partial charge in [0.25, 0.3) is 0 Å². The highest BCUT2D eigenvalue weighted by atomic mass is 16.6. The summed E-state index contributed by atoms with van der Waals surface area (Å²) >= 11 is 0. The predicted molar refractivity (Wildman–Crippen MR) is 152 cm³/mol. The number of amides is 1. The van der Waals surface area contributed by atoms with Crippen molar-refractivity contribution in [2.75, 3.05) is 0 Å². The van der Waals surface area contributed by atoms with Gasteiger partial charge in [-0.05, 0) is 86.4 Å². The lowest BCUT2D eigenvalue weighted by atomic mass is 9.94. The van der Waals surface area contributed by atoms with Crippen molar-refractivity contribution in [3.63, 3.8) is 0 Å². The highest BCUT2D eigenvalue weighted by Crippen LogP contribution is 2.22. The number of benzene rings is 1. The number of carbonyl (C=O) groups excluding carboxylic acids is 3. The third-order valence-electron chi connectivity index (χ3n) is 5.14. The highest BCUT2D eigenvalue weighted by molar-refractivity contribution is 5.83. The van der Waals surface area contributed by atoms with Gasteiger partial charge < -0.3 is 24.3 Å². The summed E-state index contributed by atoms with van der Waals surface area (Å²) in [7, 11) is 0. The van der Waals surface area contributed by atoms with Crippen molar-refractivity contribution in [1.29, 1.82) is 0 Å². The number of alkyl carbamates (subject to hydrolysis) is 1. The number of hydrogen-bond donors (Lipinski definition) is 1. The molecule has 0 aliphatic heterocycles. The van der Waals surface area contributed by atoms with E-state index in [-0.39, 0.29) is 12.8 Å². The van der Waals surface area contributed by atoms with Crippen LogP contribution in [-0.4, -0.2) is 45.9 Å². The van der Waals surface area contributed by atoms with E-state index < -0.39 is 46.8 Å². The summed E-state index contributed by atoms with van der Waals surface area (Å²) in [5, 5.41) is 2.59. The molecule has 0 aliphatic rings. The van der Waals surface area contributed by atoms with Gasteiger partial charge in [0, 0.05) is 12.1 Å². The van der Waals surface area contributed by atoms with Gasteiger partial charge in [-0.15, -0.1) is 0 Å². The molecule has 1 amide bonds. The van der Waals surface area contributed by atoms with Crippen molar-refractivity contribution in [2.24, 2.45) is 5.92 Å². The molecule has 2 atom stereocenters. The van der Waals surface area contributed by atoms with Crippen LogP contribution in [0, 0.1) is 5.92 Å². The molecule has 1 heterocycles. The number of carbonyl (C=O) groups is 3. The van der Waals surface area contributed by atoms with Crippen LogP contribution >= 0.6 is 0 Å². The third kappa shape index (κ3) is 13.0. The smallest absolute Gasteiger partial charge is 0.408 e. The largest absolute Gasteiger partial charge is 0.487 e. The fourth-order valence-corrected chi connectivity index (χ4v) is 3.58. The summed E-state index contributed by atoms with van der Waals surface area (Å²) in [6, 6.07) is 12.2. The van der Waals surface area contributed by atoms with Crippen LogP contribution < -0.4 is 10.1 Å². The van der Waals surface area contributed by atoms with E-state index in [1.165, 1.54) is 0 Å². The van der Waals surface area contributed by atoms with Crippen molar-refractivity contribution >= 4 is 18.0 Å². The Morgan fingerprint density at radius 2 is 1.35 bits per heavy atom. The fourth-order valence-electron chi connectivity index (χ4n) is 3.58. The van der Waals surface area contributed by atoms with Crippen LogP contribution in [0.15, 0.2) is 48.7 Å². The van der Waals surface area contributed by atoms with Crippen molar-refractivity contribution in [3.05, 3.63) is 59.9 Å². The zero-order chi connectivity index (χ0) is 30.1. The van der Waals surface area contributed by atoms with Crippen LogP contribution in [0.5, 0.6) is 5.75 Å². The van der Waals surface area contributed by atoms with Gasteiger partial charge >= 0.3 is 18.0 Å². The monoisotopic (exact) mass is 556 g/mol. The van der Waals surface area contributed by atoms with Crippen molar-refractivity contribution < 1.29 is 33.3 Å². The molecule has 1 N–H and O–H groups in total. The van der Waals surface area contributed by atoms with Crippen LogP contribution in [0.3, 0.4) is 0 Å². The molecule has 2 rings (SSSR count). The molecule has 220 valence electrons. The zero-order valence-electron chi connectivity index (χ0n) is 25.2. The van der Waals surface area contributed by atoms with E-state index in [0.29, 0.717) is 18.1 Å². The van der Waals surface area contributed by atoms with Crippen LogP contribution in [0.4, 0.5) is 4.79 Å². The second kappa shape index (κ2) is 13.6. The minimum Gasteiger partial charge on any atom is -0.487 e. The molecule has 9 nitrogen and oxygen atoms in total. The zero-order valence-corrected chi connectivity index (χ0v) is 25.2. The third-order valence-corrected chi connectivity index (χ3v) is 5.14. The van der Waals surface area contributed by atoms with Gasteiger partial charge in [0.1, 0.15) is 35.2 Å². The van der Waals surface area contributed by atoms with Gasteiger partial charge in [0.05, 0.1) is 12.1 Å². The second-order valence-electron chi connectivity index (χ2n) is 12.7. The Balaban J connectivity index is 2.24. The first kappa shape index (κ1) is 32.6. The van der Waals surface area contributed by atoms with E-state index in [4.69, 9.17) is 18.9 Å². The molecule has 0 fully saturated rings. The molecule has 0 saturated carbocycles. The number of aromatic nitrogens is 1. The normalized spacial score (nSPS) is 13.5. The summed E-state index contributed by atoms with van der Waals surface area (Å²) in [6.45, 7) is 16.0. The first-order valence-corrected chi connectivity index (χ1v) is 13.5. The average molecular weight is 557 g/mol. The highest BCUT2D eigenvalue weighted by Gasteiger charge is 2.35. The van der Waals surface area contributed by atoms with Gasteiger partial charge in [-0.1, -0.05) is 30.3 Å². The molecule has 0 spiro atoms. The Hall–Kier alpha value is -3.62. The lowest BCUT2D eigenvalue weighted by molar-refractivity contribution is -0.162. The van der Waals surface area contributed by atoms with Gasteiger partial charge in [-0.2, -0.15) is 0 Å². The predicted octanol–water partition coefficient (Wildman–Crippen LogP) is 5.79. The van der Waals surface area contributed by atoms with Crippen LogP contribution in [-0.2, 0) is 36.8 Å². The maximum Gasteiger partial charge on any atom is 0.408 e. The number of rotatable bonds is 10. The van der Waals surface area contributed by atoms with Crippen molar-refractivity contribution in [1.82, 2.24) is 10.3 Å². The van der Waals surface area contributed by atoms with Gasteiger partial charge in [-0.3, -0.25) is 9.78 Å². The van der Waals surface area contributed by atoms with E-state index in [1.54, 1.807) is 80.6 Å². The van der Waals surface area contributed by atoms with Crippen molar-refractivity contribution in [2.45, 2.75) is 105 Å². The SMILES string of the molecule is CC(C)(C)OC(=O)N[C@@H](C[C@H](Cc1ccc(OCc2ccccc2)cn1)C(=O)OC(C)(C)C)C(=O)OC(C)(C)C. The van der Waals surface area contributed by atoms with E-state index in [1.807, 2.05) is 30.3 Å². The van der Waals surface area contributed by atoms with Crippen LogP contribution in [0.1, 0.15) is 80.0 Å². The summed E-state index contributed by atoms with van der Waals surface area (Å²) in [5.41, 5.74) is -0.701. The van der Waals surface area contributed by atoms with Crippen LogP contribution in [0.25, 0.3) is 0 Å². The average Bonchev–Trinajstić information content (AvgIpc) is 2.80. The summed E-state index contributed by atoms with van der Waals surface area (Å²) in [4.78, 5) is 43.5.